The molecule has 0 fully saturated rings. The van der Waals surface area contributed by atoms with Crippen LogP contribution in [0.2, 0.25) is 0 Å². The lowest BCUT2D eigenvalue weighted by Crippen LogP contribution is -2.39. The standard InChI is InChI=1S/C35H29N5O7S/c1-5-17-47-34(42)30-21(2)36-35-39(32(30)22-11-14-26(45-3)15-12-22)33(41)29(48-35)19-24-20-38(25-9-7-6-8-10-25)37-31(24)23-13-16-28(46-4)27(18-23)40(43)44/h5-16,18-20,32H,1,17H2,2-4H3/b29-19-/t32-/m0/s1. The molecular formula is C35H29N5O7S. The van der Waals surface area contributed by atoms with E-state index in [0.29, 0.717) is 43.2 Å². The molecule has 1 aliphatic rings. The second-order valence-electron chi connectivity index (χ2n) is 10.6. The molecule has 48 heavy (non-hydrogen) atoms. The van der Waals surface area contributed by atoms with Crippen molar-refractivity contribution in [3.63, 3.8) is 0 Å². The predicted octanol–water partition coefficient (Wildman–Crippen LogP) is 4.74. The van der Waals surface area contributed by atoms with Crippen LogP contribution in [0.15, 0.2) is 113 Å². The summed E-state index contributed by atoms with van der Waals surface area (Å²) in [6, 6.07) is 20.2. The Hall–Kier alpha value is -6.08. The van der Waals surface area contributed by atoms with Gasteiger partial charge in [-0.15, -0.1) is 0 Å². The fraction of sp³-hybridized carbons (Fsp3) is 0.143. The molecule has 1 atom stereocenters. The maximum atomic E-state index is 14.3. The van der Waals surface area contributed by atoms with Crippen LogP contribution >= 0.6 is 11.3 Å². The van der Waals surface area contributed by atoms with Crippen LogP contribution in [-0.2, 0) is 9.53 Å². The van der Waals surface area contributed by atoms with E-state index in [1.54, 1.807) is 61.3 Å². The monoisotopic (exact) mass is 663 g/mol. The number of esters is 1. The van der Waals surface area contributed by atoms with Crippen LogP contribution in [0.4, 0.5) is 5.69 Å². The summed E-state index contributed by atoms with van der Waals surface area (Å²) in [7, 11) is 2.92. The maximum absolute atomic E-state index is 14.3. The number of nitro benzene ring substituents is 1. The molecule has 0 saturated heterocycles. The molecule has 242 valence electrons. The molecule has 0 amide bonds. The smallest absolute Gasteiger partial charge is 0.338 e. The van der Waals surface area contributed by atoms with Gasteiger partial charge in [-0.2, -0.15) is 5.10 Å². The Morgan fingerprint density at radius 1 is 1.08 bits per heavy atom. The predicted molar refractivity (Wildman–Crippen MR) is 180 cm³/mol. The average molecular weight is 664 g/mol. The third-order valence-corrected chi connectivity index (χ3v) is 8.69. The van der Waals surface area contributed by atoms with Crippen molar-refractivity contribution in [2.24, 2.45) is 4.99 Å². The summed E-state index contributed by atoms with van der Waals surface area (Å²) >= 11 is 1.16. The zero-order valence-electron chi connectivity index (χ0n) is 26.2. The number of fused-ring (bicyclic) bond motifs is 1. The van der Waals surface area contributed by atoms with Crippen molar-refractivity contribution >= 4 is 29.1 Å². The third kappa shape index (κ3) is 5.94. The summed E-state index contributed by atoms with van der Waals surface area (Å²) < 4.78 is 19.4. The van der Waals surface area contributed by atoms with Gasteiger partial charge in [0, 0.05) is 23.4 Å². The number of hydrogen-bond donors (Lipinski definition) is 0. The quantitative estimate of drug-likeness (QED) is 0.0904. The first kappa shape index (κ1) is 31.9. The molecule has 0 unspecified atom stereocenters. The summed E-state index contributed by atoms with van der Waals surface area (Å²) in [5.41, 5.74) is 2.84. The van der Waals surface area contributed by atoms with Crippen LogP contribution in [0.1, 0.15) is 24.1 Å². The van der Waals surface area contributed by atoms with Gasteiger partial charge in [0.25, 0.3) is 5.56 Å². The average Bonchev–Trinajstić information content (AvgIpc) is 3.66. The summed E-state index contributed by atoms with van der Waals surface area (Å²) in [5, 5.41) is 16.6. The fourth-order valence-electron chi connectivity index (χ4n) is 5.45. The first-order chi connectivity index (χ1) is 23.2. The fourth-order valence-corrected chi connectivity index (χ4v) is 6.49. The molecule has 1 aliphatic heterocycles. The van der Waals surface area contributed by atoms with E-state index in [4.69, 9.17) is 19.3 Å². The van der Waals surface area contributed by atoms with Crippen LogP contribution in [0, 0.1) is 10.1 Å². The first-order valence-electron chi connectivity index (χ1n) is 14.7. The Morgan fingerprint density at radius 2 is 1.83 bits per heavy atom. The largest absolute Gasteiger partial charge is 0.497 e. The van der Waals surface area contributed by atoms with Crippen molar-refractivity contribution in [2.75, 3.05) is 20.8 Å². The van der Waals surface area contributed by atoms with Gasteiger partial charge in [-0.3, -0.25) is 19.5 Å². The van der Waals surface area contributed by atoms with Crippen molar-refractivity contribution in [3.8, 4) is 28.4 Å². The first-order valence-corrected chi connectivity index (χ1v) is 15.5. The van der Waals surface area contributed by atoms with E-state index in [1.807, 2.05) is 30.3 Å². The van der Waals surface area contributed by atoms with Gasteiger partial charge in [0.1, 0.15) is 18.1 Å². The third-order valence-electron chi connectivity index (χ3n) is 7.70. The van der Waals surface area contributed by atoms with Gasteiger partial charge in [-0.05, 0) is 55.0 Å². The van der Waals surface area contributed by atoms with E-state index in [2.05, 4.69) is 11.6 Å². The summed E-state index contributed by atoms with van der Waals surface area (Å²) in [6.07, 6.45) is 4.90. The number of allylic oxidation sites excluding steroid dienone is 1. The molecule has 0 spiro atoms. The van der Waals surface area contributed by atoms with E-state index in [0.717, 1.165) is 17.0 Å². The minimum atomic E-state index is -0.831. The van der Waals surface area contributed by atoms with Crippen molar-refractivity contribution in [1.29, 1.82) is 0 Å². The van der Waals surface area contributed by atoms with Crippen molar-refractivity contribution < 1.29 is 23.9 Å². The van der Waals surface area contributed by atoms with Crippen molar-refractivity contribution in [2.45, 2.75) is 13.0 Å². The summed E-state index contributed by atoms with van der Waals surface area (Å²) in [5.74, 6) is 0.112. The van der Waals surface area contributed by atoms with Crippen LogP contribution in [0.25, 0.3) is 23.0 Å². The number of para-hydroxylation sites is 1. The number of benzene rings is 3. The van der Waals surface area contributed by atoms with Crippen LogP contribution in [0.3, 0.4) is 0 Å². The SMILES string of the molecule is C=CCOC(=O)C1=C(C)N=c2s/c(=C\c3cn(-c4ccccc4)nc3-c3ccc(OC)c([N+](=O)[O-])c3)c(=O)n2[C@H]1c1ccc(OC)cc1. The summed E-state index contributed by atoms with van der Waals surface area (Å²) in [4.78, 5) is 44.0. The summed E-state index contributed by atoms with van der Waals surface area (Å²) in [6.45, 7) is 5.32. The van der Waals surface area contributed by atoms with Crippen molar-refractivity contribution in [1.82, 2.24) is 14.3 Å². The Bertz CT molecular complexity index is 2270. The molecule has 0 N–H and O–H groups in total. The highest BCUT2D eigenvalue weighted by atomic mass is 32.1. The number of hydrogen-bond acceptors (Lipinski definition) is 10. The van der Waals surface area contributed by atoms with Crippen LogP contribution < -0.4 is 24.4 Å². The number of methoxy groups -OCH3 is 2. The van der Waals surface area contributed by atoms with Gasteiger partial charge in [0.05, 0.1) is 46.7 Å². The van der Waals surface area contributed by atoms with E-state index in [-0.39, 0.29) is 29.2 Å². The number of rotatable bonds is 10. The van der Waals surface area contributed by atoms with Gasteiger partial charge in [-0.1, -0.05) is 54.3 Å². The highest BCUT2D eigenvalue weighted by Crippen LogP contribution is 2.34. The molecule has 12 nitrogen and oxygen atoms in total. The molecule has 0 bridgehead atoms. The minimum absolute atomic E-state index is 0.00688. The zero-order chi connectivity index (χ0) is 33.9. The number of carbonyl (C=O) groups excluding carboxylic acids is 1. The molecule has 3 aromatic carbocycles. The molecular weight excluding hydrogens is 634 g/mol. The number of nitro groups is 1. The number of aromatic nitrogens is 3. The minimum Gasteiger partial charge on any atom is -0.497 e. The Balaban J connectivity index is 1.56. The molecule has 13 heteroatoms. The van der Waals surface area contributed by atoms with Gasteiger partial charge in [-0.25, -0.2) is 14.5 Å². The van der Waals surface area contributed by atoms with Gasteiger partial charge < -0.3 is 14.2 Å². The van der Waals surface area contributed by atoms with Gasteiger partial charge in [0.2, 0.25) is 0 Å². The van der Waals surface area contributed by atoms with E-state index < -0.39 is 16.9 Å². The lowest BCUT2D eigenvalue weighted by Gasteiger charge is -2.24. The Labute approximate surface area is 277 Å². The number of ether oxygens (including phenoxy) is 3. The van der Waals surface area contributed by atoms with E-state index in [9.17, 15) is 19.7 Å². The number of thiazole rings is 1. The van der Waals surface area contributed by atoms with Crippen molar-refractivity contribution in [3.05, 3.63) is 144 Å². The molecule has 0 saturated carbocycles. The van der Waals surface area contributed by atoms with Crippen LogP contribution in [0.5, 0.6) is 11.5 Å². The molecule has 6 rings (SSSR count). The topological polar surface area (TPSA) is 140 Å². The number of nitrogens with zero attached hydrogens (tertiary/aromatic N) is 5. The Morgan fingerprint density at radius 3 is 2.50 bits per heavy atom. The van der Waals surface area contributed by atoms with E-state index in [1.165, 1.54) is 29.9 Å². The number of carbonyl (C=O) groups is 1. The normalized spacial score (nSPS) is 14.2. The zero-order valence-corrected chi connectivity index (χ0v) is 27.0. The van der Waals surface area contributed by atoms with Gasteiger partial charge >= 0.3 is 11.7 Å². The maximum Gasteiger partial charge on any atom is 0.338 e. The highest BCUT2D eigenvalue weighted by molar-refractivity contribution is 7.07. The second kappa shape index (κ2) is 13.3. The van der Waals surface area contributed by atoms with Gasteiger partial charge in [0.15, 0.2) is 10.6 Å². The molecule has 0 aliphatic carbocycles. The molecule has 0 radical (unpaired) electrons. The molecule has 5 aromatic rings. The molecule has 3 heterocycles. The van der Waals surface area contributed by atoms with E-state index >= 15 is 0 Å². The molecule has 2 aromatic heterocycles. The lowest BCUT2D eigenvalue weighted by molar-refractivity contribution is -0.385. The second-order valence-corrected chi connectivity index (χ2v) is 11.6. The Kier molecular flexibility index (Phi) is 8.86. The van der Waals surface area contributed by atoms with Crippen LogP contribution in [-0.4, -0.2) is 46.1 Å². The lowest BCUT2D eigenvalue weighted by atomic mass is 9.96. The highest BCUT2D eigenvalue weighted by Gasteiger charge is 2.33.